The molecule has 3 aromatic rings. The number of anilines is 1. The van der Waals surface area contributed by atoms with E-state index in [4.69, 9.17) is 4.74 Å². The lowest BCUT2D eigenvalue weighted by Crippen LogP contribution is -1.88. The molecule has 0 fully saturated rings. The number of hydrogen-bond donors (Lipinski definition) is 1. The molecule has 4 heteroatoms. The minimum Gasteiger partial charge on any atom is -0.496 e. The molecule has 1 aromatic heterocycles. The van der Waals surface area contributed by atoms with Crippen LogP contribution in [0.2, 0.25) is 0 Å². The van der Waals surface area contributed by atoms with E-state index in [1.54, 1.807) is 18.4 Å². The Morgan fingerprint density at radius 1 is 1.16 bits per heavy atom. The second-order valence-electron chi connectivity index (χ2n) is 4.14. The molecule has 0 saturated heterocycles. The summed E-state index contributed by atoms with van der Waals surface area (Å²) in [7, 11) is 3.58. The van der Waals surface area contributed by atoms with Gasteiger partial charge in [0.2, 0.25) is 0 Å². The van der Waals surface area contributed by atoms with Crippen LogP contribution >= 0.6 is 11.3 Å². The second-order valence-corrected chi connectivity index (χ2v) is 5.17. The highest BCUT2D eigenvalue weighted by atomic mass is 32.1. The molecule has 0 saturated carbocycles. The molecule has 3 rings (SSSR count). The summed E-state index contributed by atoms with van der Waals surface area (Å²) in [5.74, 6) is 0.880. The van der Waals surface area contributed by atoms with Crippen LogP contribution in [0.4, 0.5) is 5.13 Å². The molecule has 0 aliphatic rings. The quantitative estimate of drug-likeness (QED) is 0.780. The van der Waals surface area contributed by atoms with Crippen molar-refractivity contribution in [3.63, 3.8) is 0 Å². The fourth-order valence-corrected chi connectivity index (χ4v) is 3.01. The monoisotopic (exact) mass is 270 g/mol. The number of fused-ring (bicyclic) bond motifs is 1. The van der Waals surface area contributed by atoms with Crippen LogP contribution in [0.5, 0.6) is 5.75 Å². The van der Waals surface area contributed by atoms with E-state index in [0.29, 0.717) is 0 Å². The molecule has 0 aliphatic carbocycles. The van der Waals surface area contributed by atoms with Gasteiger partial charge in [0.05, 0.1) is 12.0 Å². The average molecular weight is 270 g/mol. The Bertz CT molecular complexity index is 721. The van der Waals surface area contributed by atoms with E-state index in [0.717, 1.165) is 21.3 Å². The Hall–Kier alpha value is -2.07. The second kappa shape index (κ2) is 4.90. The summed E-state index contributed by atoms with van der Waals surface area (Å²) in [4.78, 5) is 5.45. The zero-order valence-electron chi connectivity index (χ0n) is 10.8. The van der Waals surface area contributed by atoms with Crippen LogP contribution in [0.25, 0.3) is 21.2 Å². The highest BCUT2D eigenvalue weighted by Gasteiger charge is 2.13. The van der Waals surface area contributed by atoms with Gasteiger partial charge in [-0.2, -0.15) is 0 Å². The molecule has 0 bridgehead atoms. The molecule has 0 radical (unpaired) electrons. The lowest BCUT2D eigenvalue weighted by atomic mass is 10.0. The van der Waals surface area contributed by atoms with Crippen LogP contribution in [0.3, 0.4) is 0 Å². The average Bonchev–Trinajstić information content (AvgIpc) is 2.94. The first-order valence-corrected chi connectivity index (χ1v) is 6.85. The Morgan fingerprint density at radius 2 is 2.00 bits per heavy atom. The molecule has 2 aromatic carbocycles. The van der Waals surface area contributed by atoms with Crippen LogP contribution in [0, 0.1) is 0 Å². The summed E-state index contributed by atoms with van der Waals surface area (Å²) in [6, 6.07) is 12.4. The van der Waals surface area contributed by atoms with E-state index in [-0.39, 0.29) is 0 Å². The van der Waals surface area contributed by atoms with Gasteiger partial charge in [0.25, 0.3) is 0 Å². The summed E-state index contributed by atoms with van der Waals surface area (Å²) >= 11 is 1.63. The summed E-state index contributed by atoms with van der Waals surface area (Å²) in [5.41, 5.74) is 1.11. The minimum absolute atomic E-state index is 0.880. The normalized spacial score (nSPS) is 10.6. The van der Waals surface area contributed by atoms with Crippen LogP contribution in [-0.4, -0.2) is 19.1 Å². The number of nitrogens with one attached hydrogen (secondary N) is 1. The topological polar surface area (TPSA) is 34.2 Å². The van der Waals surface area contributed by atoms with Crippen LogP contribution in [0.15, 0.2) is 42.6 Å². The fraction of sp³-hybridized carbons (Fsp3) is 0.133. The van der Waals surface area contributed by atoms with Crippen LogP contribution < -0.4 is 10.1 Å². The zero-order valence-corrected chi connectivity index (χ0v) is 11.6. The van der Waals surface area contributed by atoms with E-state index in [9.17, 15) is 0 Å². The van der Waals surface area contributed by atoms with E-state index < -0.39 is 0 Å². The molecule has 19 heavy (non-hydrogen) atoms. The predicted octanol–water partition coefficient (Wildman–Crippen LogP) is 4.01. The van der Waals surface area contributed by atoms with Gasteiger partial charge in [0.15, 0.2) is 5.13 Å². The summed E-state index contributed by atoms with van der Waals surface area (Å²) in [6.45, 7) is 0. The van der Waals surface area contributed by atoms with Gasteiger partial charge in [0, 0.05) is 18.8 Å². The molecule has 0 aliphatic heterocycles. The number of methoxy groups -OCH3 is 1. The molecule has 0 amide bonds. The van der Waals surface area contributed by atoms with Crippen molar-refractivity contribution in [2.75, 3.05) is 19.5 Å². The van der Waals surface area contributed by atoms with Crippen molar-refractivity contribution in [3.8, 4) is 16.2 Å². The predicted molar refractivity (Wildman–Crippen MR) is 81.2 cm³/mol. The van der Waals surface area contributed by atoms with Crippen LogP contribution in [0.1, 0.15) is 0 Å². The highest BCUT2D eigenvalue weighted by molar-refractivity contribution is 7.19. The van der Waals surface area contributed by atoms with Gasteiger partial charge in [-0.3, -0.25) is 0 Å². The molecule has 96 valence electrons. The molecule has 1 heterocycles. The van der Waals surface area contributed by atoms with Gasteiger partial charge < -0.3 is 10.1 Å². The standard InChI is InChI=1S/C15H14N2OS/c1-16-15-17-9-13(19-15)14-11-6-4-3-5-10(11)7-8-12(14)18-2/h3-9H,1-2H3,(H,16,17). The van der Waals surface area contributed by atoms with Gasteiger partial charge in [-0.15, -0.1) is 0 Å². The lowest BCUT2D eigenvalue weighted by Gasteiger charge is -2.10. The molecular formula is C15H14N2OS. The molecule has 0 atom stereocenters. The van der Waals surface area contributed by atoms with Gasteiger partial charge in [-0.05, 0) is 16.8 Å². The van der Waals surface area contributed by atoms with Crippen molar-refractivity contribution >= 4 is 27.2 Å². The minimum atomic E-state index is 0.880. The third-order valence-corrected chi connectivity index (χ3v) is 4.11. The Labute approximate surface area is 115 Å². The Morgan fingerprint density at radius 3 is 2.74 bits per heavy atom. The number of aromatic nitrogens is 1. The smallest absolute Gasteiger partial charge is 0.182 e. The fourth-order valence-electron chi connectivity index (χ4n) is 2.18. The Balaban J connectivity index is 2.30. The first-order valence-electron chi connectivity index (χ1n) is 6.03. The third-order valence-electron chi connectivity index (χ3n) is 3.08. The maximum atomic E-state index is 5.51. The van der Waals surface area contributed by atoms with Gasteiger partial charge >= 0.3 is 0 Å². The SMILES string of the molecule is CNc1ncc(-c2c(OC)ccc3ccccc23)s1. The number of thiazole rings is 1. The number of rotatable bonds is 3. The number of benzene rings is 2. The van der Waals surface area contributed by atoms with Crippen molar-refractivity contribution in [1.82, 2.24) is 4.98 Å². The van der Waals surface area contributed by atoms with E-state index in [2.05, 4.69) is 28.5 Å². The molecule has 0 unspecified atom stereocenters. The molecular weight excluding hydrogens is 256 g/mol. The molecule has 0 spiro atoms. The van der Waals surface area contributed by atoms with E-state index in [1.807, 2.05) is 31.4 Å². The number of ether oxygens (including phenoxy) is 1. The number of hydrogen-bond acceptors (Lipinski definition) is 4. The van der Waals surface area contributed by atoms with Gasteiger partial charge in [0.1, 0.15) is 5.75 Å². The van der Waals surface area contributed by atoms with Crippen molar-refractivity contribution in [2.24, 2.45) is 0 Å². The lowest BCUT2D eigenvalue weighted by molar-refractivity contribution is 0.417. The van der Waals surface area contributed by atoms with Gasteiger partial charge in [-0.1, -0.05) is 41.7 Å². The zero-order chi connectivity index (χ0) is 13.2. The maximum absolute atomic E-state index is 5.51. The first kappa shape index (κ1) is 12.0. The summed E-state index contributed by atoms with van der Waals surface area (Å²) in [5, 5.41) is 6.37. The highest BCUT2D eigenvalue weighted by Crippen LogP contribution is 2.40. The summed E-state index contributed by atoms with van der Waals surface area (Å²) < 4.78 is 5.51. The van der Waals surface area contributed by atoms with Gasteiger partial charge in [-0.25, -0.2) is 4.98 Å². The third kappa shape index (κ3) is 2.04. The first-order chi connectivity index (χ1) is 9.33. The summed E-state index contributed by atoms with van der Waals surface area (Å²) in [6.07, 6.45) is 1.89. The molecule has 3 nitrogen and oxygen atoms in total. The van der Waals surface area contributed by atoms with Crippen molar-refractivity contribution in [2.45, 2.75) is 0 Å². The molecule has 1 N–H and O–H groups in total. The van der Waals surface area contributed by atoms with Crippen molar-refractivity contribution < 1.29 is 4.74 Å². The van der Waals surface area contributed by atoms with E-state index in [1.165, 1.54) is 10.8 Å². The largest absolute Gasteiger partial charge is 0.496 e. The maximum Gasteiger partial charge on any atom is 0.182 e. The Kier molecular flexibility index (Phi) is 3.09. The van der Waals surface area contributed by atoms with Crippen LogP contribution in [-0.2, 0) is 0 Å². The van der Waals surface area contributed by atoms with E-state index >= 15 is 0 Å². The number of nitrogens with zero attached hydrogens (tertiary/aromatic N) is 1. The van der Waals surface area contributed by atoms with Crippen molar-refractivity contribution in [1.29, 1.82) is 0 Å². The van der Waals surface area contributed by atoms with Crippen molar-refractivity contribution in [3.05, 3.63) is 42.6 Å².